The lowest BCUT2D eigenvalue weighted by molar-refractivity contribution is -0.117. The Balaban J connectivity index is 1.81. The molecule has 0 radical (unpaired) electrons. The third-order valence-electron chi connectivity index (χ3n) is 4.08. The van der Waals surface area contributed by atoms with Crippen molar-refractivity contribution in [2.75, 3.05) is 19.0 Å². The van der Waals surface area contributed by atoms with Gasteiger partial charge in [0.25, 0.3) is 0 Å². The van der Waals surface area contributed by atoms with E-state index in [0.717, 1.165) is 0 Å². The minimum Gasteiger partial charge on any atom is -0.497 e. The van der Waals surface area contributed by atoms with Crippen molar-refractivity contribution in [3.8, 4) is 5.75 Å². The highest BCUT2D eigenvalue weighted by atomic mass is 16.5. The molecule has 1 aromatic carbocycles. The van der Waals surface area contributed by atoms with E-state index in [0.29, 0.717) is 17.9 Å². The third-order valence-corrected chi connectivity index (χ3v) is 4.08. The second-order valence-electron chi connectivity index (χ2n) is 5.79. The number of ether oxygens (including phenoxy) is 1. The van der Waals surface area contributed by atoms with Gasteiger partial charge in [-0.15, -0.1) is 0 Å². The van der Waals surface area contributed by atoms with Gasteiger partial charge in [0.05, 0.1) is 19.8 Å². The number of methoxy groups -OCH3 is 1. The van der Waals surface area contributed by atoms with Crippen LogP contribution in [0.2, 0.25) is 0 Å². The molecule has 0 spiro atoms. The van der Waals surface area contributed by atoms with Gasteiger partial charge in [-0.1, -0.05) is 19.9 Å². The molecule has 1 aliphatic rings. The van der Waals surface area contributed by atoms with Gasteiger partial charge >= 0.3 is 0 Å². The molecule has 1 saturated carbocycles. The molecule has 0 heterocycles. The number of rotatable bonds is 5. The number of hydrogen-bond donors (Lipinski definition) is 3. The molecule has 0 saturated heterocycles. The fraction of sp³-hybridized carbons (Fsp3) is 0.533. The van der Waals surface area contributed by atoms with Crippen LogP contribution in [0.5, 0.6) is 5.75 Å². The molecule has 1 amide bonds. The molecule has 0 aliphatic heterocycles. The second-order valence-corrected chi connectivity index (χ2v) is 5.79. The van der Waals surface area contributed by atoms with Gasteiger partial charge in [0.1, 0.15) is 5.75 Å². The average Bonchev–Trinajstić information content (AvgIpc) is 2.43. The second kappa shape index (κ2) is 5.81. The maximum Gasteiger partial charge on any atom is 0.238 e. The van der Waals surface area contributed by atoms with E-state index in [1.165, 1.54) is 0 Å². The highest BCUT2D eigenvalue weighted by molar-refractivity contribution is 5.92. The van der Waals surface area contributed by atoms with Gasteiger partial charge in [-0.2, -0.15) is 0 Å². The summed E-state index contributed by atoms with van der Waals surface area (Å²) in [5.74, 6) is 0.606. The zero-order valence-electron chi connectivity index (χ0n) is 12.1. The van der Waals surface area contributed by atoms with Crippen LogP contribution in [-0.2, 0) is 4.79 Å². The lowest BCUT2D eigenvalue weighted by Crippen LogP contribution is -2.60. The maximum atomic E-state index is 11.9. The summed E-state index contributed by atoms with van der Waals surface area (Å²) in [7, 11) is 1.59. The first-order valence-electron chi connectivity index (χ1n) is 6.79. The molecule has 1 aliphatic carbocycles. The van der Waals surface area contributed by atoms with Crippen LogP contribution in [-0.4, -0.2) is 36.8 Å². The van der Waals surface area contributed by atoms with Crippen molar-refractivity contribution in [2.45, 2.75) is 32.4 Å². The Morgan fingerprint density at radius 1 is 1.50 bits per heavy atom. The van der Waals surface area contributed by atoms with Crippen molar-refractivity contribution < 1.29 is 14.6 Å². The third kappa shape index (κ3) is 3.11. The Morgan fingerprint density at radius 3 is 2.85 bits per heavy atom. The van der Waals surface area contributed by atoms with E-state index in [9.17, 15) is 9.90 Å². The van der Waals surface area contributed by atoms with Crippen LogP contribution in [0.25, 0.3) is 0 Å². The summed E-state index contributed by atoms with van der Waals surface area (Å²) >= 11 is 0. The summed E-state index contributed by atoms with van der Waals surface area (Å²) in [5, 5.41) is 15.6. The summed E-state index contributed by atoms with van der Waals surface area (Å²) in [6.07, 6.45) is 0.404. The van der Waals surface area contributed by atoms with E-state index in [4.69, 9.17) is 4.74 Å². The van der Waals surface area contributed by atoms with Gasteiger partial charge in [-0.3, -0.25) is 4.79 Å². The van der Waals surface area contributed by atoms with Crippen LogP contribution in [0.3, 0.4) is 0 Å². The summed E-state index contributed by atoms with van der Waals surface area (Å²) in [5.41, 5.74) is 0.542. The predicted molar refractivity (Wildman–Crippen MR) is 77.8 cm³/mol. The monoisotopic (exact) mass is 278 g/mol. The van der Waals surface area contributed by atoms with Crippen molar-refractivity contribution in [3.63, 3.8) is 0 Å². The number of amides is 1. The Kier molecular flexibility index (Phi) is 4.30. The Bertz CT molecular complexity index is 488. The lowest BCUT2D eigenvalue weighted by Gasteiger charge is -2.49. The minimum atomic E-state index is -0.290. The Morgan fingerprint density at radius 2 is 2.25 bits per heavy atom. The number of aliphatic hydroxyl groups is 1. The largest absolute Gasteiger partial charge is 0.497 e. The number of nitrogens with one attached hydrogen (secondary N) is 2. The van der Waals surface area contributed by atoms with Crippen molar-refractivity contribution >= 4 is 11.6 Å². The van der Waals surface area contributed by atoms with E-state index in [2.05, 4.69) is 10.6 Å². The summed E-state index contributed by atoms with van der Waals surface area (Å²) in [6, 6.07) is 7.42. The van der Waals surface area contributed by atoms with Gasteiger partial charge in [-0.25, -0.2) is 0 Å². The highest BCUT2D eigenvalue weighted by Crippen LogP contribution is 2.40. The topological polar surface area (TPSA) is 70.6 Å². The molecule has 3 N–H and O–H groups in total. The fourth-order valence-electron chi connectivity index (χ4n) is 2.37. The molecule has 110 valence electrons. The summed E-state index contributed by atoms with van der Waals surface area (Å²) in [6.45, 7) is 4.23. The average molecular weight is 278 g/mol. The van der Waals surface area contributed by atoms with Gasteiger partial charge in [0, 0.05) is 23.2 Å². The lowest BCUT2D eigenvalue weighted by atomic mass is 9.64. The number of carbonyl (C=O) groups excluding carboxylic acids is 1. The van der Waals surface area contributed by atoms with Crippen molar-refractivity contribution in [1.82, 2.24) is 5.32 Å². The molecule has 2 atom stereocenters. The molecule has 2 unspecified atom stereocenters. The number of aliphatic hydroxyl groups excluding tert-OH is 1. The normalized spacial score (nSPS) is 23.8. The molecule has 20 heavy (non-hydrogen) atoms. The molecular formula is C15H22N2O3. The van der Waals surface area contributed by atoms with E-state index >= 15 is 0 Å². The number of carbonyl (C=O) groups is 1. The van der Waals surface area contributed by atoms with Crippen molar-refractivity contribution in [2.24, 2.45) is 5.41 Å². The first kappa shape index (κ1) is 14.8. The van der Waals surface area contributed by atoms with Crippen molar-refractivity contribution in [1.29, 1.82) is 0 Å². The van der Waals surface area contributed by atoms with Crippen LogP contribution in [0, 0.1) is 5.41 Å². The fourth-order valence-corrected chi connectivity index (χ4v) is 2.37. The molecular weight excluding hydrogens is 256 g/mol. The Labute approximate surface area is 119 Å². The Hall–Kier alpha value is -1.59. The predicted octanol–water partition coefficient (Wildman–Crippen LogP) is 1.38. The first-order valence-corrected chi connectivity index (χ1v) is 6.79. The van der Waals surface area contributed by atoms with E-state index in [1.54, 1.807) is 13.2 Å². The van der Waals surface area contributed by atoms with Crippen LogP contribution >= 0.6 is 0 Å². The first-order chi connectivity index (χ1) is 9.43. The SMILES string of the molecule is COc1cccc(NC(=O)CNC2CC(O)C2(C)C)c1. The molecule has 5 nitrogen and oxygen atoms in total. The summed E-state index contributed by atoms with van der Waals surface area (Å²) < 4.78 is 5.11. The standard InChI is InChI=1S/C15H22N2O3/c1-15(2)12(8-13(15)18)16-9-14(19)17-10-5-4-6-11(7-10)20-3/h4-7,12-13,16,18H,8-9H2,1-3H3,(H,17,19). The minimum absolute atomic E-state index is 0.101. The van der Waals surface area contributed by atoms with Crippen LogP contribution in [0.4, 0.5) is 5.69 Å². The molecule has 5 heteroatoms. The van der Waals surface area contributed by atoms with E-state index in [-0.39, 0.29) is 30.0 Å². The van der Waals surface area contributed by atoms with Crippen LogP contribution < -0.4 is 15.4 Å². The molecule has 2 rings (SSSR count). The van der Waals surface area contributed by atoms with Gasteiger partial charge in [0.2, 0.25) is 5.91 Å². The van der Waals surface area contributed by atoms with Crippen LogP contribution in [0.15, 0.2) is 24.3 Å². The van der Waals surface area contributed by atoms with Crippen LogP contribution in [0.1, 0.15) is 20.3 Å². The number of hydrogen-bond acceptors (Lipinski definition) is 4. The van der Waals surface area contributed by atoms with Crippen molar-refractivity contribution in [3.05, 3.63) is 24.3 Å². The smallest absolute Gasteiger partial charge is 0.238 e. The summed E-state index contributed by atoms with van der Waals surface area (Å²) in [4.78, 5) is 11.9. The van der Waals surface area contributed by atoms with Gasteiger partial charge in [-0.05, 0) is 18.6 Å². The van der Waals surface area contributed by atoms with E-state index < -0.39 is 0 Å². The van der Waals surface area contributed by atoms with Gasteiger partial charge < -0.3 is 20.5 Å². The number of anilines is 1. The zero-order chi connectivity index (χ0) is 14.8. The zero-order valence-corrected chi connectivity index (χ0v) is 12.1. The molecule has 1 aromatic rings. The molecule has 1 fully saturated rings. The van der Waals surface area contributed by atoms with E-state index in [1.807, 2.05) is 32.0 Å². The quantitative estimate of drug-likeness (QED) is 0.761. The number of benzene rings is 1. The highest BCUT2D eigenvalue weighted by Gasteiger charge is 2.46. The van der Waals surface area contributed by atoms with Gasteiger partial charge in [0.15, 0.2) is 0 Å². The maximum absolute atomic E-state index is 11.9. The molecule has 0 aromatic heterocycles. The molecule has 0 bridgehead atoms.